The molecule has 0 unspecified atom stereocenters. The van der Waals surface area contributed by atoms with Crippen molar-refractivity contribution in [3.63, 3.8) is 0 Å². The van der Waals surface area contributed by atoms with Crippen LogP contribution in [-0.2, 0) is 4.74 Å². The van der Waals surface area contributed by atoms with Gasteiger partial charge in [-0.05, 0) is 50.3 Å². The summed E-state index contributed by atoms with van der Waals surface area (Å²) in [5.74, 6) is 0.216. The number of halogens is 1. The average molecular weight is 351 g/mol. The van der Waals surface area contributed by atoms with Crippen LogP contribution < -0.4 is 0 Å². The molecule has 0 N–H and O–H groups in total. The molecular weight excluding hydrogens is 324 g/mol. The molecule has 1 aliphatic carbocycles. The maximum atomic E-state index is 12.4. The van der Waals surface area contributed by atoms with E-state index in [0.717, 1.165) is 24.9 Å². The molecule has 0 radical (unpaired) electrons. The summed E-state index contributed by atoms with van der Waals surface area (Å²) in [7, 11) is 1.95. The first-order valence-corrected chi connectivity index (χ1v) is 9.10. The minimum Gasteiger partial charge on any atom is -0.462 e. The van der Waals surface area contributed by atoms with E-state index in [1.54, 1.807) is 12.4 Å². The van der Waals surface area contributed by atoms with Gasteiger partial charge in [0, 0.05) is 13.6 Å². The van der Waals surface area contributed by atoms with Gasteiger partial charge >= 0.3 is 5.97 Å². The fourth-order valence-electron chi connectivity index (χ4n) is 2.85. The molecule has 0 atom stereocenters. The molecule has 5 heteroatoms. The molecule has 4 nitrogen and oxygen atoms in total. The summed E-state index contributed by atoms with van der Waals surface area (Å²) >= 11 is 6.28. The molecule has 0 bridgehead atoms. The molecule has 1 aromatic carbocycles. The second-order valence-corrected chi connectivity index (χ2v) is 6.95. The number of nitrogens with zero attached hydrogens (tertiary/aromatic N) is 2. The first kappa shape index (κ1) is 18.8. The van der Waals surface area contributed by atoms with E-state index < -0.39 is 0 Å². The lowest BCUT2D eigenvalue weighted by Crippen LogP contribution is -2.17. The number of hydrogen-bond donors (Lipinski definition) is 0. The van der Waals surface area contributed by atoms with Gasteiger partial charge in [-0.3, -0.25) is 0 Å². The lowest BCUT2D eigenvalue weighted by atomic mass is 9.90. The van der Waals surface area contributed by atoms with Gasteiger partial charge in [-0.25, -0.2) is 9.79 Å². The summed E-state index contributed by atoms with van der Waals surface area (Å²) in [4.78, 5) is 18.7. The summed E-state index contributed by atoms with van der Waals surface area (Å²) in [6.45, 7) is 5.31. The van der Waals surface area contributed by atoms with Crippen molar-refractivity contribution in [2.45, 2.75) is 46.0 Å². The van der Waals surface area contributed by atoms with Crippen molar-refractivity contribution in [3.05, 3.63) is 28.3 Å². The van der Waals surface area contributed by atoms with Crippen LogP contribution in [0.5, 0.6) is 0 Å². The van der Waals surface area contributed by atoms with Gasteiger partial charge in [-0.2, -0.15) is 0 Å². The fourth-order valence-corrected chi connectivity index (χ4v) is 3.07. The quantitative estimate of drug-likeness (QED) is 0.412. The molecule has 0 saturated heterocycles. The maximum Gasteiger partial charge on any atom is 0.338 e. The molecular formula is C19H27ClN2O2. The van der Waals surface area contributed by atoms with Crippen LogP contribution in [0.1, 0.15) is 54.9 Å². The number of hydrogen-bond acceptors (Lipinski definition) is 3. The summed E-state index contributed by atoms with van der Waals surface area (Å²) in [5, 5.41) is 0.464. The Balaban J connectivity index is 2.03. The Labute approximate surface area is 149 Å². The second-order valence-electron chi connectivity index (χ2n) is 6.54. The molecule has 1 saturated carbocycles. The third-order valence-corrected chi connectivity index (χ3v) is 4.88. The van der Waals surface area contributed by atoms with Crippen LogP contribution in [0.3, 0.4) is 0 Å². The first-order valence-electron chi connectivity index (χ1n) is 8.73. The van der Waals surface area contributed by atoms with Gasteiger partial charge in [0.05, 0.1) is 29.2 Å². The number of esters is 1. The van der Waals surface area contributed by atoms with Crippen LogP contribution in [0.25, 0.3) is 0 Å². The Bertz CT molecular complexity index is 595. The Morgan fingerprint density at radius 2 is 2.08 bits per heavy atom. The highest BCUT2D eigenvalue weighted by atomic mass is 35.5. The van der Waals surface area contributed by atoms with E-state index in [9.17, 15) is 4.79 Å². The molecule has 0 amide bonds. The van der Waals surface area contributed by atoms with Gasteiger partial charge in [0.25, 0.3) is 0 Å². The van der Waals surface area contributed by atoms with E-state index in [2.05, 4.69) is 4.99 Å². The van der Waals surface area contributed by atoms with E-state index in [-0.39, 0.29) is 5.97 Å². The van der Waals surface area contributed by atoms with Crippen molar-refractivity contribution in [1.82, 2.24) is 4.90 Å². The highest BCUT2D eigenvalue weighted by Crippen LogP contribution is 2.29. The number of benzene rings is 1. The Hall–Kier alpha value is -1.55. The second kappa shape index (κ2) is 9.07. The Morgan fingerprint density at radius 3 is 2.75 bits per heavy atom. The zero-order valence-corrected chi connectivity index (χ0v) is 15.6. The molecule has 1 fully saturated rings. The van der Waals surface area contributed by atoms with Crippen molar-refractivity contribution in [1.29, 1.82) is 0 Å². The minimum absolute atomic E-state index is 0.291. The van der Waals surface area contributed by atoms with Crippen molar-refractivity contribution >= 4 is 29.6 Å². The number of carbonyl (C=O) groups excluding carboxylic acids is 1. The van der Waals surface area contributed by atoms with Gasteiger partial charge in [0.15, 0.2) is 0 Å². The number of aliphatic imine (C=N–C) groups is 1. The van der Waals surface area contributed by atoms with E-state index >= 15 is 0 Å². The zero-order chi connectivity index (χ0) is 17.5. The molecule has 0 spiro atoms. The summed E-state index contributed by atoms with van der Waals surface area (Å²) in [6, 6.07) is 3.50. The smallest absolute Gasteiger partial charge is 0.338 e. The van der Waals surface area contributed by atoms with Crippen LogP contribution in [0.2, 0.25) is 5.02 Å². The van der Waals surface area contributed by atoms with E-state index in [1.165, 1.54) is 19.3 Å². The highest BCUT2D eigenvalue weighted by molar-refractivity contribution is 6.33. The van der Waals surface area contributed by atoms with Crippen molar-refractivity contribution < 1.29 is 9.53 Å². The van der Waals surface area contributed by atoms with Crippen LogP contribution in [0, 0.1) is 12.8 Å². The molecule has 1 aromatic rings. The zero-order valence-electron chi connectivity index (χ0n) is 14.8. The van der Waals surface area contributed by atoms with Crippen LogP contribution in [0.15, 0.2) is 17.1 Å². The lowest BCUT2D eigenvalue weighted by Gasteiger charge is -2.21. The molecule has 0 heterocycles. The molecule has 0 aromatic heterocycles. The number of carbonyl (C=O) groups is 1. The van der Waals surface area contributed by atoms with Crippen LogP contribution in [-0.4, -0.2) is 37.4 Å². The van der Waals surface area contributed by atoms with Gasteiger partial charge in [0.2, 0.25) is 0 Å². The lowest BCUT2D eigenvalue weighted by molar-refractivity contribution is 0.0409. The van der Waals surface area contributed by atoms with Gasteiger partial charge < -0.3 is 9.64 Å². The molecule has 24 heavy (non-hydrogen) atoms. The van der Waals surface area contributed by atoms with Crippen LogP contribution in [0.4, 0.5) is 5.69 Å². The topological polar surface area (TPSA) is 41.9 Å². The van der Waals surface area contributed by atoms with E-state index in [0.29, 0.717) is 28.8 Å². The largest absolute Gasteiger partial charge is 0.462 e. The van der Waals surface area contributed by atoms with Crippen molar-refractivity contribution in [3.8, 4) is 0 Å². The van der Waals surface area contributed by atoms with Crippen LogP contribution >= 0.6 is 11.6 Å². The molecule has 0 aliphatic heterocycles. The number of rotatable bonds is 6. The van der Waals surface area contributed by atoms with E-state index in [4.69, 9.17) is 16.3 Å². The van der Waals surface area contributed by atoms with Gasteiger partial charge in [-0.15, -0.1) is 0 Å². The van der Waals surface area contributed by atoms with E-state index in [1.807, 2.05) is 31.9 Å². The van der Waals surface area contributed by atoms with Gasteiger partial charge in [-0.1, -0.05) is 30.9 Å². The summed E-state index contributed by atoms with van der Waals surface area (Å²) in [6.07, 6.45) is 7.84. The molecule has 132 valence electrons. The number of aryl methyl sites for hydroxylation is 1. The van der Waals surface area contributed by atoms with Crippen molar-refractivity contribution in [2.75, 3.05) is 20.2 Å². The van der Waals surface area contributed by atoms with Crippen molar-refractivity contribution in [2.24, 2.45) is 10.9 Å². The Kier molecular flexibility index (Phi) is 7.10. The summed E-state index contributed by atoms with van der Waals surface area (Å²) < 4.78 is 5.51. The molecule has 1 aliphatic rings. The minimum atomic E-state index is -0.291. The molecule has 2 rings (SSSR count). The normalized spacial score (nSPS) is 15.7. The third-order valence-electron chi connectivity index (χ3n) is 4.58. The maximum absolute atomic E-state index is 12.4. The summed E-state index contributed by atoms with van der Waals surface area (Å²) in [5.41, 5.74) is 2.02. The SMILES string of the molecule is CCN(C)/C=N/c1cc(C)c(C(=O)OCC2CCCCC2)cc1Cl. The predicted octanol–water partition coefficient (Wildman–Crippen LogP) is 5.00. The fraction of sp³-hybridized carbons (Fsp3) is 0.579. The first-order chi connectivity index (χ1) is 11.5. The third kappa shape index (κ3) is 5.23. The monoisotopic (exact) mass is 350 g/mol. The average Bonchev–Trinajstić information content (AvgIpc) is 2.60. The predicted molar refractivity (Wildman–Crippen MR) is 99.5 cm³/mol. The highest BCUT2D eigenvalue weighted by Gasteiger charge is 2.18. The standard InChI is InChI=1S/C19H27ClN2O2/c1-4-22(3)13-21-18-10-14(2)16(11-17(18)20)19(23)24-12-15-8-6-5-7-9-15/h10-11,13,15H,4-9,12H2,1-3H3/b21-13+. The Morgan fingerprint density at radius 1 is 1.38 bits per heavy atom. The van der Waals surface area contributed by atoms with Gasteiger partial charge in [0.1, 0.15) is 0 Å². The number of ether oxygens (including phenoxy) is 1.